The molecule has 6 rings (SSSR count). The van der Waals surface area contributed by atoms with Crippen LogP contribution < -0.4 is 5.32 Å². The second-order valence-corrected chi connectivity index (χ2v) is 10.1. The van der Waals surface area contributed by atoms with Crippen LogP contribution in [0, 0.1) is 0 Å². The third-order valence-corrected chi connectivity index (χ3v) is 8.96. The van der Waals surface area contributed by atoms with Gasteiger partial charge in [0, 0.05) is 26.7 Å². The third-order valence-electron chi connectivity index (χ3n) is 5.88. The van der Waals surface area contributed by atoms with Gasteiger partial charge in [0.05, 0.1) is 16.0 Å². The molecule has 3 aromatic carbocycles. The van der Waals surface area contributed by atoms with Crippen LogP contribution in [0.5, 0.6) is 0 Å². The highest BCUT2D eigenvalue weighted by molar-refractivity contribution is 8.04. The quantitative estimate of drug-likeness (QED) is 0.468. The van der Waals surface area contributed by atoms with Gasteiger partial charge < -0.3 is 5.32 Å². The fourth-order valence-corrected chi connectivity index (χ4v) is 7.80. The molecule has 3 aromatic rings. The van der Waals surface area contributed by atoms with Gasteiger partial charge in [-0.15, -0.1) is 11.8 Å². The van der Waals surface area contributed by atoms with Crippen molar-refractivity contribution in [2.75, 3.05) is 5.32 Å². The average Bonchev–Trinajstić information content (AvgIpc) is 3.28. The van der Waals surface area contributed by atoms with Gasteiger partial charge in [0.1, 0.15) is 0 Å². The van der Waals surface area contributed by atoms with Crippen LogP contribution in [0.25, 0.3) is 5.57 Å². The lowest BCUT2D eigenvalue weighted by molar-refractivity contribution is 0.604. The number of para-hydroxylation sites is 1. The highest BCUT2D eigenvalue weighted by Crippen LogP contribution is 2.62. The molecule has 3 unspecified atom stereocenters. The van der Waals surface area contributed by atoms with E-state index in [-0.39, 0.29) is 0 Å². The molecule has 0 saturated heterocycles. The van der Waals surface area contributed by atoms with Gasteiger partial charge >= 0.3 is 0 Å². The predicted molar refractivity (Wildman–Crippen MR) is 122 cm³/mol. The molecule has 3 atom stereocenters. The molecule has 1 N–H and O–H groups in total. The number of nitrogens with one attached hydrogen (secondary N) is 1. The Bertz CT molecular complexity index is 1120. The fraction of sp³-hybridized carbons (Fsp3) is 0.167. The molecule has 0 fully saturated rings. The molecule has 28 heavy (non-hydrogen) atoms. The molecule has 138 valence electrons. The van der Waals surface area contributed by atoms with E-state index in [0.717, 1.165) is 17.1 Å². The molecule has 0 aromatic heterocycles. The average molecular weight is 420 g/mol. The summed E-state index contributed by atoms with van der Waals surface area (Å²) < 4.78 is 0. The summed E-state index contributed by atoms with van der Waals surface area (Å²) in [5.74, 6) is 0.471. The predicted octanol–water partition coefficient (Wildman–Crippen LogP) is 7.30. The van der Waals surface area contributed by atoms with Crippen molar-refractivity contribution < 1.29 is 0 Å². The largest absolute Gasteiger partial charge is 0.380 e. The summed E-state index contributed by atoms with van der Waals surface area (Å²) in [5, 5.41) is 5.01. The van der Waals surface area contributed by atoms with Gasteiger partial charge in [0.25, 0.3) is 0 Å². The minimum absolute atomic E-state index is 0.341. The number of thioether (sulfide) groups is 2. The number of halogens is 1. The molecule has 2 heterocycles. The van der Waals surface area contributed by atoms with Gasteiger partial charge in [0.2, 0.25) is 0 Å². The van der Waals surface area contributed by atoms with Crippen molar-refractivity contribution in [1.82, 2.24) is 0 Å². The zero-order valence-corrected chi connectivity index (χ0v) is 17.5. The summed E-state index contributed by atoms with van der Waals surface area (Å²) in [4.78, 5) is 4.38. The Balaban J connectivity index is 1.49. The van der Waals surface area contributed by atoms with Gasteiger partial charge in [-0.2, -0.15) is 0 Å². The van der Waals surface area contributed by atoms with E-state index in [1.54, 1.807) is 4.91 Å². The summed E-state index contributed by atoms with van der Waals surface area (Å²) >= 11 is 10.5. The highest BCUT2D eigenvalue weighted by atomic mass is 35.5. The highest BCUT2D eigenvalue weighted by Gasteiger charge is 2.45. The number of anilines is 1. The Hall–Kier alpha value is -1.81. The zero-order valence-electron chi connectivity index (χ0n) is 15.1. The van der Waals surface area contributed by atoms with Gasteiger partial charge in [-0.25, -0.2) is 0 Å². The first-order valence-electron chi connectivity index (χ1n) is 9.57. The van der Waals surface area contributed by atoms with Crippen molar-refractivity contribution in [1.29, 1.82) is 0 Å². The fourth-order valence-electron chi connectivity index (χ4n) is 4.66. The summed E-state index contributed by atoms with van der Waals surface area (Å²) in [5.41, 5.74) is 5.47. The first-order chi connectivity index (χ1) is 13.8. The van der Waals surface area contributed by atoms with Crippen LogP contribution in [0.1, 0.15) is 23.5 Å². The zero-order chi connectivity index (χ0) is 18.7. The van der Waals surface area contributed by atoms with Crippen LogP contribution in [0.15, 0.2) is 87.5 Å². The van der Waals surface area contributed by atoms with E-state index in [4.69, 9.17) is 11.6 Å². The Morgan fingerprint density at radius 2 is 1.61 bits per heavy atom. The minimum Gasteiger partial charge on any atom is -0.380 e. The second-order valence-electron chi connectivity index (χ2n) is 7.47. The number of benzene rings is 3. The van der Waals surface area contributed by atoms with Gasteiger partial charge in [-0.3, -0.25) is 0 Å². The van der Waals surface area contributed by atoms with Gasteiger partial charge in [-0.05, 0) is 47.4 Å². The van der Waals surface area contributed by atoms with E-state index >= 15 is 0 Å². The maximum absolute atomic E-state index is 6.48. The van der Waals surface area contributed by atoms with Crippen molar-refractivity contribution in [3.63, 3.8) is 0 Å². The lowest BCUT2D eigenvalue weighted by atomic mass is 9.80. The van der Waals surface area contributed by atoms with E-state index < -0.39 is 0 Å². The lowest BCUT2D eigenvalue weighted by Crippen LogP contribution is -2.36. The Kier molecular flexibility index (Phi) is 4.04. The first kappa shape index (κ1) is 17.1. The van der Waals surface area contributed by atoms with Crippen LogP contribution in [0.4, 0.5) is 5.69 Å². The third kappa shape index (κ3) is 2.57. The molecule has 0 bridgehead atoms. The van der Waals surface area contributed by atoms with Crippen LogP contribution >= 0.6 is 35.1 Å². The lowest BCUT2D eigenvalue weighted by Gasteiger charge is -2.35. The molecule has 0 saturated carbocycles. The molecule has 3 aliphatic rings. The van der Waals surface area contributed by atoms with E-state index in [2.05, 4.69) is 66.0 Å². The van der Waals surface area contributed by atoms with E-state index in [9.17, 15) is 0 Å². The van der Waals surface area contributed by atoms with E-state index in [1.807, 2.05) is 35.7 Å². The standard InChI is InChI=1S/C24H18ClNS2/c25-17-9-3-4-10-18(17)26-19-13-16-14-7-1-5-11-20(14)27-23(16)22-15-8-2-6-12-21(15)28-24(19)22/h1-12,16,19,24,26H,13H2. The Labute approximate surface area is 178 Å². The van der Waals surface area contributed by atoms with Crippen LogP contribution in [-0.4, -0.2) is 11.3 Å². The minimum atomic E-state index is 0.341. The summed E-state index contributed by atoms with van der Waals surface area (Å²) in [6, 6.07) is 26.2. The van der Waals surface area contributed by atoms with Crippen LogP contribution in [0.3, 0.4) is 0 Å². The van der Waals surface area contributed by atoms with Gasteiger partial charge in [-0.1, -0.05) is 71.9 Å². The smallest absolute Gasteiger partial charge is 0.0637 e. The van der Waals surface area contributed by atoms with Crippen molar-refractivity contribution in [2.45, 2.75) is 33.4 Å². The maximum atomic E-state index is 6.48. The number of rotatable bonds is 2. The molecule has 0 spiro atoms. The molecular weight excluding hydrogens is 402 g/mol. The Morgan fingerprint density at radius 3 is 2.50 bits per heavy atom. The van der Waals surface area contributed by atoms with Crippen molar-refractivity contribution >= 4 is 46.4 Å². The summed E-state index contributed by atoms with van der Waals surface area (Å²) in [6.07, 6.45) is 1.10. The van der Waals surface area contributed by atoms with Crippen molar-refractivity contribution in [2.24, 2.45) is 0 Å². The number of hydrogen-bond acceptors (Lipinski definition) is 3. The second kappa shape index (κ2) is 6.62. The van der Waals surface area contributed by atoms with E-state index in [0.29, 0.717) is 17.2 Å². The monoisotopic (exact) mass is 419 g/mol. The van der Waals surface area contributed by atoms with Gasteiger partial charge in [0.15, 0.2) is 0 Å². The Morgan fingerprint density at radius 1 is 0.857 bits per heavy atom. The van der Waals surface area contributed by atoms with Crippen LogP contribution in [-0.2, 0) is 0 Å². The number of fused-ring (bicyclic) bond motifs is 6. The molecule has 4 heteroatoms. The molecule has 1 aliphatic carbocycles. The molecule has 0 amide bonds. The topological polar surface area (TPSA) is 12.0 Å². The summed E-state index contributed by atoms with van der Waals surface area (Å²) in [6.45, 7) is 0. The van der Waals surface area contributed by atoms with Crippen molar-refractivity contribution in [3.8, 4) is 0 Å². The number of allylic oxidation sites excluding steroid dienone is 1. The SMILES string of the molecule is Clc1ccccc1NC1CC2C(=C3c4ccccc4SC31)Sc1ccccc12. The normalized spacial score (nSPS) is 24.4. The van der Waals surface area contributed by atoms with Crippen molar-refractivity contribution in [3.05, 3.63) is 93.9 Å². The maximum Gasteiger partial charge on any atom is 0.0637 e. The molecule has 0 radical (unpaired) electrons. The summed E-state index contributed by atoms with van der Waals surface area (Å²) in [7, 11) is 0. The van der Waals surface area contributed by atoms with Crippen LogP contribution in [0.2, 0.25) is 5.02 Å². The number of hydrogen-bond donors (Lipinski definition) is 1. The molecule has 1 nitrogen and oxygen atoms in total. The van der Waals surface area contributed by atoms with E-state index in [1.165, 1.54) is 26.5 Å². The molecule has 2 aliphatic heterocycles. The molecular formula is C24H18ClNS2. The first-order valence-corrected chi connectivity index (χ1v) is 11.6.